The summed E-state index contributed by atoms with van der Waals surface area (Å²) in [4.78, 5) is 8.70. The molecule has 0 aliphatic heterocycles. The predicted molar refractivity (Wildman–Crippen MR) is 76.3 cm³/mol. The number of hydrogen-bond donors (Lipinski definition) is 1. The summed E-state index contributed by atoms with van der Waals surface area (Å²) >= 11 is 0. The summed E-state index contributed by atoms with van der Waals surface area (Å²) in [7, 11) is 0. The van der Waals surface area contributed by atoms with Gasteiger partial charge in [-0.25, -0.2) is 4.98 Å². The first-order valence-electron chi connectivity index (χ1n) is 6.43. The lowest BCUT2D eigenvalue weighted by molar-refractivity contribution is 0.234. The van der Waals surface area contributed by atoms with E-state index >= 15 is 0 Å². The fourth-order valence-corrected chi connectivity index (χ4v) is 1.73. The van der Waals surface area contributed by atoms with Gasteiger partial charge < -0.3 is 10.1 Å². The highest BCUT2D eigenvalue weighted by molar-refractivity contribution is 5.52. The summed E-state index contributed by atoms with van der Waals surface area (Å²) in [6.45, 7) is 6.61. The first-order chi connectivity index (χ1) is 9.15. The molecule has 0 unspecified atom stereocenters. The van der Waals surface area contributed by atoms with E-state index in [2.05, 4.69) is 15.3 Å². The molecule has 0 atom stereocenters. The number of nitrogens with one attached hydrogen (secondary N) is 1. The van der Waals surface area contributed by atoms with Crippen molar-refractivity contribution in [3.05, 3.63) is 47.9 Å². The Morgan fingerprint density at radius 2 is 2.05 bits per heavy atom. The normalized spacial score (nSPS) is 10.5. The molecular weight excluding hydrogens is 238 g/mol. The summed E-state index contributed by atoms with van der Waals surface area (Å²) < 4.78 is 5.66. The van der Waals surface area contributed by atoms with Crippen LogP contribution in [-0.4, -0.2) is 16.1 Å². The van der Waals surface area contributed by atoms with Crippen molar-refractivity contribution in [1.29, 1.82) is 0 Å². The van der Waals surface area contributed by atoms with Crippen LogP contribution in [-0.2, 0) is 6.54 Å². The molecule has 0 bridgehead atoms. The summed E-state index contributed by atoms with van der Waals surface area (Å²) in [5.74, 6) is 0.630. The molecule has 100 valence electrons. The molecule has 4 nitrogen and oxygen atoms in total. The zero-order valence-corrected chi connectivity index (χ0v) is 11.6. The lowest BCUT2D eigenvalue weighted by Crippen LogP contribution is -2.10. The smallest absolute Gasteiger partial charge is 0.237 e. The molecule has 0 spiro atoms. The topological polar surface area (TPSA) is 47.0 Å². The first-order valence-corrected chi connectivity index (χ1v) is 6.43. The molecule has 4 heteroatoms. The molecule has 2 aromatic rings. The van der Waals surface area contributed by atoms with Crippen molar-refractivity contribution < 1.29 is 4.74 Å². The Kier molecular flexibility index (Phi) is 4.34. The monoisotopic (exact) mass is 257 g/mol. The van der Waals surface area contributed by atoms with E-state index in [1.807, 2.05) is 51.1 Å². The summed E-state index contributed by atoms with van der Waals surface area (Å²) in [6, 6.07) is 9.84. The quantitative estimate of drug-likeness (QED) is 0.893. The lowest BCUT2D eigenvalue weighted by atomic mass is 10.3. The SMILES string of the molecule is Cc1cccc(CNc2cccnc2OC(C)C)n1. The standard InChI is InChI=1S/C15H19N3O/c1-11(2)19-15-14(8-5-9-16-15)17-10-13-7-4-6-12(3)18-13/h4-9,11,17H,10H2,1-3H3. The molecule has 19 heavy (non-hydrogen) atoms. The third-order valence-corrected chi connectivity index (χ3v) is 2.52. The van der Waals surface area contributed by atoms with Gasteiger partial charge >= 0.3 is 0 Å². The van der Waals surface area contributed by atoms with Crippen molar-refractivity contribution in [3.8, 4) is 5.88 Å². The van der Waals surface area contributed by atoms with Crippen molar-refractivity contribution in [1.82, 2.24) is 9.97 Å². The maximum absolute atomic E-state index is 5.66. The van der Waals surface area contributed by atoms with Crippen molar-refractivity contribution in [2.24, 2.45) is 0 Å². The first kappa shape index (κ1) is 13.3. The highest BCUT2D eigenvalue weighted by atomic mass is 16.5. The molecule has 2 aromatic heterocycles. The van der Waals surface area contributed by atoms with Crippen LogP contribution in [0.15, 0.2) is 36.5 Å². The van der Waals surface area contributed by atoms with E-state index in [9.17, 15) is 0 Å². The van der Waals surface area contributed by atoms with Crippen molar-refractivity contribution >= 4 is 5.69 Å². The van der Waals surface area contributed by atoms with E-state index in [1.54, 1.807) is 6.20 Å². The van der Waals surface area contributed by atoms with E-state index in [1.165, 1.54) is 0 Å². The Labute approximate surface area is 113 Å². The molecule has 0 fully saturated rings. The largest absolute Gasteiger partial charge is 0.473 e. The number of nitrogens with zero attached hydrogens (tertiary/aromatic N) is 2. The average Bonchev–Trinajstić information content (AvgIpc) is 2.37. The fourth-order valence-electron chi connectivity index (χ4n) is 1.73. The van der Waals surface area contributed by atoms with Gasteiger partial charge in [-0.15, -0.1) is 0 Å². The van der Waals surface area contributed by atoms with Crippen molar-refractivity contribution in [2.75, 3.05) is 5.32 Å². The van der Waals surface area contributed by atoms with E-state index in [0.717, 1.165) is 17.1 Å². The van der Waals surface area contributed by atoms with Gasteiger partial charge in [0.15, 0.2) is 0 Å². The zero-order chi connectivity index (χ0) is 13.7. The van der Waals surface area contributed by atoms with Crippen LogP contribution in [0.1, 0.15) is 25.2 Å². The molecular formula is C15H19N3O. The van der Waals surface area contributed by atoms with Crippen LogP contribution >= 0.6 is 0 Å². The van der Waals surface area contributed by atoms with Gasteiger partial charge in [0.1, 0.15) is 0 Å². The molecule has 0 saturated heterocycles. The summed E-state index contributed by atoms with van der Waals surface area (Å²) in [6.07, 6.45) is 1.83. The van der Waals surface area contributed by atoms with Gasteiger partial charge in [-0.1, -0.05) is 6.07 Å². The predicted octanol–water partition coefficient (Wildman–Crippen LogP) is 3.18. The molecule has 0 aliphatic rings. The number of aryl methyl sites for hydroxylation is 1. The molecule has 0 amide bonds. The zero-order valence-electron chi connectivity index (χ0n) is 11.6. The van der Waals surface area contributed by atoms with Crippen LogP contribution < -0.4 is 10.1 Å². The Hall–Kier alpha value is -2.10. The summed E-state index contributed by atoms with van der Waals surface area (Å²) in [5.41, 5.74) is 2.91. The fraction of sp³-hybridized carbons (Fsp3) is 0.333. The molecule has 0 saturated carbocycles. The second-order valence-electron chi connectivity index (χ2n) is 4.65. The molecule has 0 aromatic carbocycles. The highest BCUT2D eigenvalue weighted by Crippen LogP contribution is 2.22. The third-order valence-electron chi connectivity index (χ3n) is 2.52. The van der Waals surface area contributed by atoms with Crippen molar-refractivity contribution in [3.63, 3.8) is 0 Å². The number of aromatic nitrogens is 2. The molecule has 0 aliphatic carbocycles. The van der Waals surface area contributed by atoms with Crippen LogP contribution in [0.5, 0.6) is 5.88 Å². The minimum absolute atomic E-state index is 0.104. The van der Waals surface area contributed by atoms with Crippen LogP contribution in [0.2, 0.25) is 0 Å². The number of pyridine rings is 2. The number of hydrogen-bond acceptors (Lipinski definition) is 4. The second kappa shape index (κ2) is 6.18. The minimum Gasteiger partial charge on any atom is -0.473 e. The maximum atomic E-state index is 5.66. The highest BCUT2D eigenvalue weighted by Gasteiger charge is 2.06. The van der Waals surface area contributed by atoms with Crippen LogP contribution in [0.4, 0.5) is 5.69 Å². The molecule has 2 heterocycles. The molecule has 1 N–H and O–H groups in total. The van der Waals surface area contributed by atoms with E-state index in [0.29, 0.717) is 12.4 Å². The van der Waals surface area contributed by atoms with Gasteiger partial charge in [0, 0.05) is 11.9 Å². The van der Waals surface area contributed by atoms with Gasteiger partial charge in [-0.2, -0.15) is 0 Å². The van der Waals surface area contributed by atoms with E-state index in [4.69, 9.17) is 4.74 Å². The molecule has 2 rings (SSSR count). The van der Waals surface area contributed by atoms with Crippen LogP contribution in [0.25, 0.3) is 0 Å². The van der Waals surface area contributed by atoms with Gasteiger partial charge in [-0.05, 0) is 45.0 Å². The Morgan fingerprint density at radius 1 is 1.21 bits per heavy atom. The minimum atomic E-state index is 0.104. The van der Waals surface area contributed by atoms with Gasteiger partial charge in [-0.3, -0.25) is 4.98 Å². The summed E-state index contributed by atoms with van der Waals surface area (Å²) in [5, 5.41) is 3.31. The lowest BCUT2D eigenvalue weighted by Gasteiger charge is -2.14. The number of ether oxygens (including phenoxy) is 1. The van der Waals surface area contributed by atoms with E-state index < -0.39 is 0 Å². The molecule has 0 radical (unpaired) electrons. The average molecular weight is 257 g/mol. The van der Waals surface area contributed by atoms with Gasteiger partial charge in [0.25, 0.3) is 0 Å². The van der Waals surface area contributed by atoms with Crippen molar-refractivity contribution in [2.45, 2.75) is 33.4 Å². The van der Waals surface area contributed by atoms with Crippen LogP contribution in [0.3, 0.4) is 0 Å². The third kappa shape index (κ3) is 3.95. The Bertz CT molecular complexity index is 540. The second-order valence-corrected chi connectivity index (χ2v) is 4.65. The maximum Gasteiger partial charge on any atom is 0.237 e. The number of anilines is 1. The Balaban J connectivity index is 2.07. The Morgan fingerprint density at radius 3 is 2.79 bits per heavy atom. The van der Waals surface area contributed by atoms with E-state index in [-0.39, 0.29) is 6.10 Å². The number of rotatable bonds is 5. The van der Waals surface area contributed by atoms with Gasteiger partial charge in [0.05, 0.1) is 24.0 Å². The van der Waals surface area contributed by atoms with Gasteiger partial charge in [0.2, 0.25) is 5.88 Å². The van der Waals surface area contributed by atoms with Crippen LogP contribution in [0, 0.1) is 6.92 Å².